The summed E-state index contributed by atoms with van der Waals surface area (Å²) in [7, 11) is 0. The third kappa shape index (κ3) is 3.89. The van der Waals surface area contributed by atoms with Crippen LogP contribution in [0.25, 0.3) is 0 Å². The number of ether oxygens (including phenoxy) is 1. The highest BCUT2D eigenvalue weighted by molar-refractivity contribution is 5.90. The minimum atomic E-state index is -4.69. The van der Waals surface area contributed by atoms with Crippen LogP contribution in [0.5, 0.6) is 5.75 Å². The lowest BCUT2D eigenvalue weighted by atomic mass is 9.89. The van der Waals surface area contributed by atoms with Crippen LogP contribution in [0.4, 0.5) is 13.2 Å². The van der Waals surface area contributed by atoms with Gasteiger partial charge in [-0.3, -0.25) is 0 Å². The lowest BCUT2D eigenvalue weighted by Crippen LogP contribution is -2.23. The van der Waals surface area contributed by atoms with E-state index in [1.54, 1.807) is 0 Å². The van der Waals surface area contributed by atoms with Gasteiger partial charge < -0.3 is 9.84 Å². The molecule has 0 bridgehead atoms. The second-order valence-electron chi connectivity index (χ2n) is 5.51. The highest BCUT2D eigenvalue weighted by Gasteiger charge is 2.35. The van der Waals surface area contributed by atoms with E-state index in [1.165, 1.54) is 6.07 Å². The molecule has 1 aliphatic rings. The topological polar surface area (TPSA) is 46.5 Å². The molecule has 0 aromatic heterocycles. The van der Waals surface area contributed by atoms with Crippen LogP contribution >= 0.6 is 0 Å². The predicted octanol–water partition coefficient (Wildman–Crippen LogP) is 4.36. The molecule has 1 saturated carbocycles. The van der Waals surface area contributed by atoms with Crippen molar-refractivity contribution in [3.63, 3.8) is 0 Å². The Bertz CT molecular complexity index is 517. The van der Waals surface area contributed by atoms with Crippen LogP contribution in [0.15, 0.2) is 18.2 Å². The van der Waals surface area contributed by atoms with Gasteiger partial charge >= 0.3 is 12.1 Å². The van der Waals surface area contributed by atoms with Gasteiger partial charge in [0.15, 0.2) is 0 Å². The first-order valence-corrected chi connectivity index (χ1v) is 6.88. The van der Waals surface area contributed by atoms with Crippen LogP contribution in [0.3, 0.4) is 0 Å². The summed E-state index contributed by atoms with van der Waals surface area (Å²) in [5.74, 6) is -0.794. The molecule has 2 rings (SSSR count). The molecule has 1 fully saturated rings. The minimum absolute atomic E-state index is 0.0559. The van der Waals surface area contributed by atoms with Crippen molar-refractivity contribution < 1.29 is 27.8 Å². The largest absolute Gasteiger partial charge is 0.490 e. The number of carboxylic acid groups (broad SMARTS) is 1. The molecular formula is C15H17F3O3. The number of hydrogen-bond donors (Lipinski definition) is 1. The second kappa shape index (κ2) is 5.95. The molecule has 1 aromatic carbocycles. The minimum Gasteiger partial charge on any atom is -0.490 e. The fourth-order valence-corrected chi connectivity index (χ4v) is 2.56. The van der Waals surface area contributed by atoms with Crippen LogP contribution in [0, 0.1) is 5.92 Å². The maximum absolute atomic E-state index is 12.7. The first kappa shape index (κ1) is 15.7. The standard InChI is InChI=1S/C15H17F3O3/c1-9-2-4-10(5-3-9)21-11-6-7-13(15(16,17)18)12(8-11)14(19)20/h6-10H,2-5H2,1H3,(H,19,20). The lowest BCUT2D eigenvalue weighted by Gasteiger charge is -2.27. The molecule has 3 nitrogen and oxygen atoms in total. The summed E-state index contributed by atoms with van der Waals surface area (Å²) in [6, 6.07) is 2.92. The molecule has 0 atom stereocenters. The first-order valence-electron chi connectivity index (χ1n) is 6.88. The van der Waals surface area contributed by atoms with E-state index >= 15 is 0 Å². The molecule has 1 N–H and O–H groups in total. The van der Waals surface area contributed by atoms with Crippen molar-refractivity contribution in [2.24, 2.45) is 5.92 Å². The summed E-state index contributed by atoms with van der Waals surface area (Å²) in [6.45, 7) is 2.15. The van der Waals surface area contributed by atoms with Gasteiger partial charge in [-0.25, -0.2) is 4.79 Å². The first-order chi connectivity index (χ1) is 9.77. The number of carboxylic acids is 1. The quantitative estimate of drug-likeness (QED) is 0.902. The molecule has 0 saturated heterocycles. The Labute approximate surface area is 120 Å². The number of benzene rings is 1. The molecule has 1 aromatic rings. The monoisotopic (exact) mass is 302 g/mol. The fraction of sp³-hybridized carbons (Fsp3) is 0.533. The smallest absolute Gasteiger partial charge is 0.417 e. The summed E-state index contributed by atoms with van der Waals surface area (Å²) in [5.41, 5.74) is -1.93. The zero-order valence-corrected chi connectivity index (χ0v) is 11.6. The Morgan fingerprint density at radius 2 is 1.86 bits per heavy atom. The van der Waals surface area contributed by atoms with E-state index in [0.717, 1.165) is 37.8 Å². The average molecular weight is 302 g/mol. The number of hydrogen-bond acceptors (Lipinski definition) is 2. The molecule has 0 radical (unpaired) electrons. The summed E-state index contributed by atoms with van der Waals surface area (Å²) in [5, 5.41) is 8.94. The predicted molar refractivity (Wildman–Crippen MR) is 70.5 cm³/mol. The van der Waals surface area contributed by atoms with Crippen molar-refractivity contribution in [3.8, 4) is 5.75 Å². The number of carbonyl (C=O) groups is 1. The summed E-state index contributed by atoms with van der Waals surface area (Å²) in [4.78, 5) is 11.0. The van der Waals surface area contributed by atoms with Gasteiger partial charge in [-0.2, -0.15) is 13.2 Å². The van der Waals surface area contributed by atoms with E-state index in [-0.39, 0.29) is 11.9 Å². The van der Waals surface area contributed by atoms with Crippen molar-refractivity contribution in [2.75, 3.05) is 0 Å². The van der Waals surface area contributed by atoms with Gasteiger partial charge in [-0.1, -0.05) is 6.92 Å². The number of halogens is 3. The molecule has 21 heavy (non-hydrogen) atoms. The van der Waals surface area contributed by atoms with E-state index < -0.39 is 23.3 Å². The van der Waals surface area contributed by atoms with Gasteiger partial charge in [0.2, 0.25) is 0 Å². The van der Waals surface area contributed by atoms with E-state index in [9.17, 15) is 18.0 Å². The van der Waals surface area contributed by atoms with E-state index in [1.807, 2.05) is 0 Å². The summed E-state index contributed by atoms with van der Waals surface area (Å²) >= 11 is 0. The molecule has 0 spiro atoms. The van der Waals surface area contributed by atoms with Crippen LogP contribution in [-0.2, 0) is 6.18 Å². The SMILES string of the molecule is CC1CCC(Oc2ccc(C(F)(F)F)c(C(=O)O)c2)CC1. The summed E-state index contributed by atoms with van der Waals surface area (Å²) in [6.07, 6.45) is -1.05. The van der Waals surface area contributed by atoms with Crippen LogP contribution in [0.2, 0.25) is 0 Å². The molecule has 0 amide bonds. The third-order valence-electron chi connectivity index (χ3n) is 3.79. The van der Waals surface area contributed by atoms with Crippen molar-refractivity contribution in [1.29, 1.82) is 0 Å². The van der Waals surface area contributed by atoms with Crippen LogP contribution in [-0.4, -0.2) is 17.2 Å². The van der Waals surface area contributed by atoms with E-state index in [0.29, 0.717) is 5.92 Å². The highest BCUT2D eigenvalue weighted by atomic mass is 19.4. The van der Waals surface area contributed by atoms with E-state index in [4.69, 9.17) is 9.84 Å². The van der Waals surface area contributed by atoms with Crippen LogP contribution < -0.4 is 4.74 Å². The maximum Gasteiger partial charge on any atom is 0.417 e. The number of rotatable bonds is 3. The Hall–Kier alpha value is -1.72. The van der Waals surface area contributed by atoms with Crippen molar-refractivity contribution in [3.05, 3.63) is 29.3 Å². The van der Waals surface area contributed by atoms with Crippen molar-refractivity contribution in [2.45, 2.75) is 44.9 Å². The highest BCUT2D eigenvalue weighted by Crippen LogP contribution is 2.35. The van der Waals surface area contributed by atoms with Crippen LogP contribution in [0.1, 0.15) is 48.5 Å². The average Bonchev–Trinajstić information content (AvgIpc) is 2.40. The van der Waals surface area contributed by atoms with Crippen molar-refractivity contribution in [1.82, 2.24) is 0 Å². The molecule has 0 heterocycles. The zero-order chi connectivity index (χ0) is 15.6. The molecule has 0 aliphatic heterocycles. The lowest BCUT2D eigenvalue weighted by molar-refractivity contribution is -0.138. The second-order valence-corrected chi connectivity index (χ2v) is 5.51. The van der Waals surface area contributed by atoms with Gasteiger partial charge in [0.25, 0.3) is 0 Å². The normalized spacial score (nSPS) is 22.9. The molecule has 6 heteroatoms. The maximum atomic E-state index is 12.7. The van der Waals surface area contributed by atoms with Crippen molar-refractivity contribution >= 4 is 5.97 Å². The molecular weight excluding hydrogens is 285 g/mol. The van der Waals surface area contributed by atoms with Gasteiger partial charge in [0, 0.05) is 0 Å². The van der Waals surface area contributed by atoms with Gasteiger partial charge in [-0.15, -0.1) is 0 Å². The molecule has 1 aliphatic carbocycles. The Morgan fingerprint density at radius 1 is 1.24 bits per heavy atom. The zero-order valence-electron chi connectivity index (χ0n) is 11.6. The fourth-order valence-electron chi connectivity index (χ4n) is 2.56. The Balaban J connectivity index is 2.18. The number of alkyl halides is 3. The number of aromatic carboxylic acids is 1. The molecule has 0 unspecified atom stereocenters. The Kier molecular flexibility index (Phi) is 4.44. The van der Waals surface area contributed by atoms with Gasteiger partial charge in [0.1, 0.15) is 5.75 Å². The molecule has 116 valence electrons. The van der Waals surface area contributed by atoms with Gasteiger partial charge in [-0.05, 0) is 49.8 Å². The third-order valence-corrected chi connectivity index (χ3v) is 3.79. The summed E-state index contributed by atoms with van der Waals surface area (Å²) < 4.78 is 43.8. The Morgan fingerprint density at radius 3 is 2.38 bits per heavy atom. The van der Waals surface area contributed by atoms with E-state index in [2.05, 4.69) is 6.92 Å². The van der Waals surface area contributed by atoms with Gasteiger partial charge in [0.05, 0.1) is 17.2 Å².